The van der Waals surface area contributed by atoms with Crippen molar-refractivity contribution in [3.8, 4) is 0 Å². The molecule has 42 heavy (non-hydrogen) atoms. The molecule has 2 saturated heterocycles. The molecular formula is C32H50FN7O2. The van der Waals surface area contributed by atoms with Crippen molar-refractivity contribution < 1.29 is 13.9 Å². The fourth-order valence-corrected chi connectivity index (χ4v) is 8.82. The highest BCUT2D eigenvalue weighted by atomic mass is 19.1. The molecule has 2 saturated carbocycles. The first-order chi connectivity index (χ1) is 20.4. The first-order valence-electron chi connectivity index (χ1n) is 16.6. The normalized spacial score (nSPS) is 31.6. The molecule has 4 aliphatic rings. The van der Waals surface area contributed by atoms with Gasteiger partial charge in [0.2, 0.25) is 0 Å². The van der Waals surface area contributed by atoms with E-state index in [2.05, 4.69) is 32.7 Å². The summed E-state index contributed by atoms with van der Waals surface area (Å²) in [4.78, 5) is 20.8. The average Bonchev–Trinajstić information content (AvgIpc) is 3.32. The van der Waals surface area contributed by atoms with Crippen LogP contribution in [0, 0.1) is 23.6 Å². The largest absolute Gasteiger partial charge is 0.381 e. The summed E-state index contributed by atoms with van der Waals surface area (Å²) in [6.45, 7) is 3.70. The van der Waals surface area contributed by atoms with Crippen molar-refractivity contribution in [2.24, 2.45) is 17.8 Å². The molecule has 3 atom stereocenters. The van der Waals surface area contributed by atoms with Gasteiger partial charge in [0.1, 0.15) is 5.56 Å². The molecule has 4 heterocycles. The Morgan fingerprint density at radius 2 is 1.76 bits per heavy atom. The molecule has 2 aromatic rings. The average molecular weight is 584 g/mol. The van der Waals surface area contributed by atoms with Crippen LogP contribution >= 0.6 is 0 Å². The highest BCUT2D eigenvalue weighted by Crippen LogP contribution is 2.44. The van der Waals surface area contributed by atoms with Gasteiger partial charge in [-0.3, -0.25) is 9.69 Å². The number of morpholine rings is 1. The van der Waals surface area contributed by atoms with Gasteiger partial charge >= 0.3 is 0 Å². The van der Waals surface area contributed by atoms with Crippen molar-refractivity contribution in [1.29, 1.82) is 0 Å². The summed E-state index contributed by atoms with van der Waals surface area (Å²) in [5.74, 6) is 0.971. The molecule has 4 fully saturated rings. The van der Waals surface area contributed by atoms with Crippen LogP contribution in [0.5, 0.6) is 0 Å². The number of anilines is 1. The lowest BCUT2D eigenvalue weighted by Gasteiger charge is -2.53. The number of nitrogens with one attached hydrogen (secondary N) is 2. The third-order valence-electron chi connectivity index (χ3n) is 11.1. The van der Waals surface area contributed by atoms with Crippen LogP contribution in [0.1, 0.15) is 100 Å². The lowest BCUT2D eigenvalue weighted by atomic mass is 9.63. The van der Waals surface area contributed by atoms with Crippen LogP contribution in [-0.4, -0.2) is 76.4 Å². The molecule has 0 radical (unpaired) electrons. The highest BCUT2D eigenvalue weighted by molar-refractivity contribution is 6.04. The molecule has 2 aliphatic heterocycles. The summed E-state index contributed by atoms with van der Waals surface area (Å²) in [5.41, 5.74) is 6.66. The van der Waals surface area contributed by atoms with Gasteiger partial charge in [-0.25, -0.2) is 13.9 Å². The lowest BCUT2D eigenvalue weighted by molar-refractivity contribution is -0.0317. The Kier molecular flexibility index (Phi) is 9.31. The first kappa shape index (κ1) is 29.8. The smallest absolute Gasteiger partial charge is 0.259 e. The predicted molar refractivity (Wildman–Crippen MR) is 162 cm³/mol. The van der Waals surface area contributed by atoms with Gasteiger partial charge in [-0.15, -0.1) is 5.10 Å². The van der Waals surface area contributed by atoms with E-state index in [-0.39, 0.29) is 28.9 Å². The Morgan fingerprint density at radius 1 is 1.07 bits per heavy atom. The van der Waals surface area contributed by atoms with Crippen molar-refractivity contribution >= 4 is 17.4 Å². The van der Waals surface area contributed by atoms with Gasteiger partial charge in [-0.1, -0.05) is 44.9 Å². The maximum atomic E-state index is 14.1. The zero-order valence-electron chi connectivity index (χ0n) is 25.3. The van der Waals surface area contributed by atoms with Gasteiger partial charge in [0.15, 0.2) is 17.3 Å². The second-order valence-corrected chi connectivity index (χ2v) is 13.6. The number of hydrogen-bond acceptors (Lipinski definition) is 7. The number of amides is 1. The number of carbonyl (C=O) groups excluding carboxylic acids is 1. The molecule has 6 rings (SSSR count). The summed E-state index contributed by atoms with van der Waals surface area (Å²) in [5, 5.41) is 11.7. The number of nitrogen functional groups attached to an aromatic ring is 1. The number of nitrogens with zero attached hydrogens (tertiary/aromatic N) is 4. The number of ether oxygens (including phenoxy) is 1. The molecule has 1 amide bonds. The SMILES string of the molecule is CN1CCOC[C@@H]1C1CCC(C2CCNC3(CCCCCCCCC3)C2NC(=O)c2c(N)nn3cc(F)cnc23)CC1. The van der Waals surface area contributed by atoms with E-state index >= 15 is 0 Å². The molecule has 0 aromatic carbocycles. The predicted octanol–water partition coefficient (Wildman–Crippen LogP) is 4.56. The molecule has 2 aliphatic carbocycles. The topological polar surface area (TPSA) is 110 Å². The Balaban J connectivity index is 1.26. The molecular weight excluding hydrogens is 533 g/mol. The van der Waals surface area contributed by atoms with Gasteiger partial charge in [-0.2, -0.15) is 0 Å². The van der Waals surface area contributed by atoms with E-state index in [1.807, 2.05) is 0 Å². The molecule has 2 unspecified atom stereocenters. The van der Waals surface area contributed by atoms with Crippen molar-refractivity contribution in [3.05, 3.63) is 23.8 Å². The molecule has 4 N–H and O–H groups in total. The molecule has 0 bridgehead atoms. The third kappa shape index (κ3) is 6.17. The Morgan fingerprint density at radius 3 is 2.48 bits per heavy atom. The molecule has 10 heteroatoms. The molecule has 232 valence electrons. The van der Waals surface area contributed by atoms with Crippen molar-refractivity contribution in [2.75, 3.05) is 39.1 Å². The maximum absolute atomic E-state index is 14.1. The maximum Gasteiger partial charge on any atom is 0.259 e. The van der Waals surface area contributed by atoms with E-state index in [9.17, 15) is 9.18 Å². The molecule has 1 spiro atoms. The second-order valence-electron chi connectivity index (χ2n) is 13.6. The van der Waals surface area contributed by atoms with Gasteiger partial charge in [-0.05, 0) is 76.3 Å². The Hall–Kier alpha value is -2.30. The van der Waals surface area contributed by atoms with Gasteiger partial charge in [0, 0.05) is 18.1 Å². The minimum Gasteiger partial charge on any atom is -0.381 e. The minimum absolute atomic E-state index is 0.00443. The van der Waals surface area contributed by atoms with E-state index in [0.717, 1.165) is 51.8 Å². The number of likely N-dealkylation sites (N-methyl/N-ethyl adjacent to an activating group) is 1. The summed E-state index contributed by atoms with van der Waals surface area (Å²) >= 11 is 0. The summed E-state index contributed by atoms with van der Waals surface area (Å²) < 4.78 is 21.0. The second kappa shape index (κ2) is 13.1. The first-order valence-corrected chi connectivity index (χ1v) is 16.6. The van der Waals surface area contributed by atoms with Crippen molar-refractivity contribution in [1.82, 2.24) is 30.1 Å². The number of piperidine rings is 1. The number of fused-ring (bicyclic) bond motifs is 1. The highest BCUT2D eigenvalue weighted by Gasteiger charge is 2.49. The van der Waals surface area contributed by atoms with Crippen LogP contribution < -0.4 is 16.4 Å². The van der Waals surface area contributed by atoms with Crippen LogP contribution in [0.15, 0.2) is 12.4 Å². The summed E-state index contributed by atoms with van der Waals surface area (Å²) in [7, 11) is 2.25. The molecule has 2 aromatic heterocycles. The zero-order valence-corrected chi connectivity index (χ0v) is 25.3. The van der Waals surface area contributed by atoms with Crippen molar-refractivity contribution in [3.63, 3.8) is 0 Å². The van der Waals surface area contributed by atoms with Crippen LogP contribution in [0.25, 0.3) is 5.65 Å². The number of halogens is 1. The fourth-order valence-electron chi connectivity index (χ4n) is 8.82. The van der Waals surface area contributed by atoms with Crippen molar-refractivity contribution in [2.45, 2.75) is 108 Å². The van der Waals surface area contributed by atoms with Gasteiger partial charge < -0.3 is 21.1 Å². The number of carbonyl (C=O) groups is 1. The monoisotopic (exact) mass is 583 g/mol. The van der Waals surface area contributed by atoms with Gasteiger partial charge in [0.05, 0.1) is 31.6 Å². The number of aromatic nitrogens is 3. The lowest BCUT2D eigenvalue weighted by Crippen LogP contribution is -2.68. The Bertz CT molecular complexity index is 1200. The van der Waals surface area contributed by atoms with Crippen LogP contribution in [0.3, 0.4) is 0 Å². The minimum atomic E-state index is -0.518. The van der Waals surface area contributed by atoms with E-state index < -0.39 is 5.82 Å². The van der Waals surface area contributed by atoms with E-state index in [4.69, 9.17) is 10.5 Å². The number of nitrogens with two attached hydrogens (primary N) is 1. The number of hydrogen-bond donors (Lipinski definition) is 3. The standard InChI is InChI=1S/C32H50FN7O2/c1-39-17-18-42-21-26(39)23-11-9-22(10-12-23)25-13-16-36-32(14-7-5-3-2-4-6-8-15-32)28(25)37-31(41)27-29(34)38-40-20-24(33)19-35-30(27)40/h19-20,22-23,25-26,28,36H,2-18,21H2,1H3,(H2,34,38)(H,37,41)/t22?,23?,25?,26-,28?/m1/s1. The molecule has 9 nitrogen and oxygen atoms in total. The van der Waals surface area contributed by atoms with Crippen LogP contribution in [-0.2, 0) is 4.74 Å². The third-order valence-corrected chi connectivity index (χ3v) is 11.1. The van der Waals surface area contributed by atoms with E-state index in [0.29, 0.717) is 29.4 Å². The van der Waals surface area contributed by atoms with Crippen LogP contribution in [0.2, 0.25) is 0 Å². The Labute approximate surface area is 249 Å². The summed E-state index contributed by atoms with van der Waals surface area (Å²) in [6.07, 6.45) is 19.1. The quantitative estimate of drug-likeness (QED) is 0.484. The van der Waals surface area contributed by atoms with Gasteiger partial charge in [0.25, 0.3) is 5.91 Å². The van der Waals surface area contributed by atoms with Crippen LogP contribution in [0.4, 0.5) is 10.2 Å². The zero-order chi connectivity index (χ0) is 29.1. The van der Waals surface area contributed by atoms with E-state index in [1.165, 1.54) is 81.3 Å². The summed E-state index contributed by atoms with van der Waals surface area (Å²) in [6, 6.07) is 0.513. The van der Waals surface area contributed by atoms with E-state index in [1.54, 1.807) is 0 Å². The fraction of sp³-hybridized carbons (Fsp3) is 0.781. The number of rotatable bonds is 4.